The van der Waals surface area contributed by atoms with Crippen molar-refractivity contribution in [1.82, 2.24) is 14.5 Å². The summed E-state index contributed by atoms with van der Waals surface area (Å²) in [5, 5.41) is 1.25. The molecule has 0 spiro atoms. The van der Waals surface area contributed by atoms with Crippen LogP contribution in [-0.4, -0.2) is 70.4 Å². The van der Waals surface area contributed by atoms with Crippen molar-refractivity contribution < 1.29 is 4.74 Å². The van der Waals surface area contributed by atoms with Crippen LogP contribution in [0.5, 0.6) is 0 Å². The van der Waals surface area contributed by atoms with Crippen LogP contribution >= 0.6 is 11.3 Å². The molecule has 1 aliphatic carbocycles. The Morgan fingerprint density at radius 3 is 2.39 bits per heavy atom. The maximum absolute atomic E-state index is 5.25. The highest BCUT2D eigenvalue weighted by Gasteiger charge is 2.20. The van der Waals surface area contributed by atoms with E-state index in [0.29, 0.717) is 0 Å². The van der Waals surface area contributed by atoms with Gasteiger partial charge in [-0.05, 0) is 36.1 Å². The van der Waals surface area contributed by atoms with E-state index in [1.807, 2.05) is 11.3 Å². The third-order valence-corrected chi connectivity index (χ3v) is 7.41. The number of aryl methyl sites for hydroxylation is 2. The first-order valence-corrected chi connectivity index (χ1v) is 12.2. The smallest absolute Gasteiger partial charge is 0.201 e. The number of nitrogens with zero attached hydrogens (tertiary/aromatic N) is 4. The van der Waals surface area contributed by atoms with Crippen LogP contribution in [0.4, 0.5) is 5.69 Å². The van der Waals surface area contributed by atoms with Crippen LogP contribution in [0, 0.1) is 0 Å². The Hall–Kier alpha value is -2.02. The van der Waals surface area contributed by atoms with E-state index in [4.69, 9.17) is 9.72 Å². The number of hydrogen-bond donors (Lipinski definition) is 0. The maximum atomic E-state index is 5.25. The molecule has 1 aromatic carbocycles. The second-order valence-corrected chi connectivity index (χ2v) is 9.62. The monoisotopic (exact) mass is 439 g/mol. The molecule has 166 valence electrons. The molecule has 0 saturated carbocycles. The Balaban J connectivity index is 1.76. The summed E-state index contributed by atoms with van der Waals surface area (Å²) in [6, 6.07) is 9.32. The van der Waals surface area contributed by atoms with Crippen molar-refractivity contribution in [3.63, 3.8) is 0 Å². The highest BCUT2D eigenvalue weighted by molar-refractivity contribution is 7.21. The van der Waals surface area contributed by atoms with Crippen LogP contribution in [0.1, 0.15) is 25.0 Å². The Kier molecular flexibility index (Phi) is 6.89. The summed E-state index contributed by atoms with van der Waals surface area (Å²) in [5.74, 6) is 0. The van der Waals surface area contributed by atoms with Gasteiger partial charge in [0.05, 0.1) is 27.4 Å². The topological polar surface area (TPSA) is 31.6 Å². The second kappa shape index (κ2) is 9.63. The number of aromatic nitrogens is 1. The van der Waals surface area contributed by atoms with Gasteiger partial charge in [-0.25, -0.2) is 9.56 Å². The van der Waals surface area contributed by atoms with Crippen LogP contribution in [-0.2, 0) is 17.6 Å². The number of ether oxygens (including phenoxy) is 1. The van der Waals surface area contributed by atoms with E-state index in [1.54, 1.807) is 7.11 Å². The SMILES string of the molecule is CCc1cc(=[N+](C)C)cc2sc3cc(N4CCN(CCOC)CC4)cc(CC)c3nc1-2. The lowest BCUT2D eigenvalue weighted by Crippen LogP contribution is -2.47. The van der Waals surface area contributed by atoms with Gasteiger partial charge in [-0.1, -0.05) is 13.8 Å². The summed E-state index contributed by atoms with van der Waals surface area (Å²) in [7, 11) is 6.00. The first kappa shape index (κ1) is 22.2. The predicted octanol–water partition coefficient (Wildman–Crippen LogP) is 3.33. The van der Waals surface area contributed by atoms with Crippen molar-refractivity contribution in [3.8, 4) is 10.6 Å². The molecule has 6 heteroatoms. The third kappa shape index (κ3) is 4.61. The van der Waals surface area contributed by atoms with Gasteiger partial charge in [-0.3, -0.25) is 4.90 Å². The fraction of sp³-hybridized carbons (Fsp3) is 0.520. The number of hydrogen-bond acceptors (Lipinski definition) is 5. The molecule has 0 N–H and O–H groups in total. The van der Waals surface area contributed by atoms with Gasteiger partial charge >= 0.3 is 0 Å². The van der Waals surface area contributed by atoms with Gasteiger partial charge < -0.3 is 9.64 Å². The number of anilines is 1. The zero-order valence-electron chi connectivity index (χ0n) is 19.6. The zero-order valence-corrected chi connectivity index (χ0v) is 20.4. The minimum atomic E-state index is 0.811. The fourth-order valence-electron chi connectivity index (χ4n) is 4.37. The minimum absolute atomic E-state index is 0.811. The molecule has 2 heterocycles. The molecule has 5 nitrogen and oxygen atoms in total. The summed E-state index contributed by atoms with van der Waals surface area (Å²) in [5.41, 5.74) is 6.37. The van der Waals surface area contributed by atoms with Gasteiger partial charge in [-0.2, -0.15) is 0 Å². The third-order valence-electron chi connectivity index (χ3n) is 6.35. The molecule has 1 aromatic rings. The molecule has 0 aromatic heterocycles. The molecule has 31 heavy (non-hydrogen) atoms. The van der Waals surface area contributed by atoms with Crippen LogP contribution in [0.3, 0.4) is 0 Å². The van der Waals surface area contributed by atoms with E-state index in [-0.39, 0.29) is 0 Å². The Morgan fingerprint density at radius 1 is 1.00 bits per heavy atom. The molecule has 0 amide bonds. The van der Waals surface area contributed by atoms with Crippen LogP contribution in [0.2, 0.25) is 0 Å². The first-order chi connectivity index (χ1) is 15.0. The lowest BCUT2D eigenvalue weighted by molar-refractivity contribution is 0.144. The van der Waals surface area contributed by atoms with Gasteiger partial charge in [-0.15, -0.1) is 11.3 Å². The normalized spacial score (nSPS) is 15.2. The van der Waals surface area contributed by atoms with Crippen molar-refractivity contribution in [1.29, 1.82) is 0 Å². The van der Waals surface area contributed by atoms with Crippen LogP contribution < -0.4 is 14.8 Å². The van der Waals surface area contributed by atoms with Gasteiger partial charge in [0.2, 0.25) is 5.36 Å². The van der Waals surface area contributed by atoms with Gasteiger partial charge in [0.15, 0.2) is 0 Å². The number of fused-ring (bicyclic) bond motifs is 2. The molecular weight excluding hydrogens is 404 g/mol. The first-order valence-electron chi connectivity index (χ1n) is 11.4. The number of benzene rings is 2. The summed E-state index contributed by atoms with van der Waals surface area (Å²) >= 11 is 1.89. The number of methoxy groups -OCH3 is 1. The average Bonchev–Trinajstić information content (AvgIpc) is 2.80. The zero-order chi connectivity index (χ0) is 22.0. The molecule has 4 rings (SSSR count). The van der Waals surface area contributed by atoms with E-state index in [1.165, 1.54) is 43.0 Å². The van der Waals surface area contributed by atoms with E-state index in [0.717, 1.165) is 52.2 Å². The molecule has 0 bridgehead atoms. The minimum Gasteiger partial charge on any atom is -0.383 e. The van der Waals surface area contributed by atoms with Crippen molar-refractivity contribution in [2.75, 3.05) is 65.4 Å². The van der Waals surface area contributed by atoms with E-state index in [9.17, 15) is 0 Å². The molecule has 0 atom stereocenters. The highest BCUT2D eigenvalue weighted by Crippen LogP contribution is 2.36. The van der Waals surface area contributed by atoms with Crippen LogP contribution in [0.25, 0.3) is 20.8 Å². The lowest BCUT2D eigenvalue weighted by atomic mass is 10.1. The number of piperazine rings is 1. The Labute approximate surface area is 189 Å². The molecule has 1 saturated heterocycles. The van der Waals surface area contributed by atoms with Crippen LogP contribution in [0.15, 0.2) is 24.3 Å². The van der Waals surface area contributed by atoms with E-state index in [2.05, 4.69) is 66.6 Å². The largest absolute Gasteiger partial charge is 0.383 e. The predicted molar refractivity (Wildman–Crippen MR) is 133 cm³/mol. The Bertz CT molecular complexity index is 1090. The fourth-order valence-corrected chi connectivity index (χ4v) is 5.51. The van der Waals surface area contributed by atoms with Gasteiger partial charge in [0.25, 0.3) is 0 Å². The molecule has 1 fully saturated rings. The molecular formula is C25H35N4OS+. The standard InChI is InChI=1S/C25H35N4OS/c1-6-18-14-20(27(3)4)16-22-24(18)26-25-19(7-2)15-21(17-23(25)31-22)29-10-8-28(9-11-29)12-13-30-5/h14-17H,6-13H2,1-5H3/q+1. The summed E-state index contributed by atoms with van der Waals surface area (Å²) in [4.78, 5) is 11.5. The molecule has 0 radical (unpaired) electrons. The quantitative estimate of drug-likeness (QED) is 0.436. The summed E-state index contributed by atoms with van der Waals surface area (Å²) in [6.07, 6.45) is 2.00. The summed E-state index contributed by atoms with van der Waals surface area (Å²) < 4.78 is 8.73. The van der Waals surface area contributed by atoms with Gasteiger partial charge in [0.1, 0.15) is 14.1 Å². The van der Waals surface area contributed by atoms with Crippen molar-refractivity contribution in [2.24, 2.45) is 0 Å². The molecule has 2 aliphatic heterocycles. The molecule has 3 aliphatic rings. The van der Waals surface area contributed by atoms with E-state index >= 15 is 0 Å². The Morgan fingerprint density at radius 2 is 1.74 bits per heavy atom. The van der Waals surface area contributed by atoms with E-state index < -0.39 is 0 Å². The summed E-state index contributed by atoms with van der Waals surface area (Å²) in [6.45, 7) is 10.6. The van der Waals surface area contributed by atoms with Crippen molar-refractivity contribution >= 4 is 27.2 Å². The van der Waals surface area contributed by atoms with Crippen molar-refractivity contribution in [3.05, 3.63) is 40.7 Å². The molecule has 0 unspecified atom stereocenters. The average molecular weight is 440 g/mol. The lowest BCUT2D eigenvalue weighted by Gasteiger charge is -2.36. The second-order valence-electron chi connectivity index (χ2n) is 8.54. The van der Waals surface area contributed by atoms with Crippen molar-refractivity contribution in [2.45, 2.75) is 26.7 Å². The maximum Gasteiger partial charge on any atom is 0.201 e. The van der Waals surface area contributed by atoms with Gasteiger partial charge in [0, 0.05) is 57.7 Å². The number of rotatable bonds is 6. The highest BCUT2D eigenvalue weighted by atomic mass is 32.1.